The number of fused-ring (bicyclic) bond motifs is 2. The Morgan fingerprint density at radius 3 is 2.53 bits per heavy atom. The molecule has 0 radical (unpaired) electrons. The van der Waals surface area contributed by atoms with Crippen molar-refractivity contribution in [3.8, 4) is 0 Å². The van der Waals surface area contributed by atoms with Crippen LogP contribution in [0.5, 0.6) is 0 Å². The van der Waals surface area contributed by atoms with Crippen LogP contribution in [0.2, 0.25) is 0 Å². The summed E-state index contributed by atoms with van der Waals surface area (Å²) in [5.41, 5.74) is 2.00. The number of nitrogens with one attached hydrogen (secondary N) is 1. The Morgan fingerprint density at radius 2 is 1.81 bits per heavy atom. The number of hydrogen-bond donors (Lipinski definition) is 1. The number of hydrogen-bond acceptors (Lipinski definition) is 5. The van der Waals surface area contributed by atoms with Gasteiger partial charge in [-0.25, -0.2) is 18.4 Å². The zero-order valence-corrected chi connectivity index (χ0v) is 18.2. The van der Waals surface area contributed by atoms with Crippen molar-refractivity contribution in [2.24, 2.45) is 0 Å². The molecule has 2 aromatic heterocycles. The molecule has 0 saturated heterocycles. The third-order valence-corrected chi connectivity index (χ3v) is 6.15. The summed E-state index contributed by atoms with van der Waals surface area (Å²) >= 11 is 1.47. The number of ether oxygens (including phenoxy) is 2. The lowest BCUT2D eigenvalue weighted by Crippen LogP contribution is -2.24. The molecule has 0 saturated carbocycles. The topological polar surface area (TPSA) is 69.6 Å². The number of esters is 1. The Bertz CT molecular complexity index is 1330. The second-order valence-electron chi connectivity index (χ2n) is 7.04. The number of amides is 1. The molecule has 0 unspecified atom stereocenters. The summed E-state index contributed by atoms with van der Waals surface area (Å²) in [4.78, 5) is 24.6. The van der Waals surface area contributed by atoms with Crippen molar-refractivity contribution in [2.75, 3.05) is 13.7 Å². The number of rotatable bonds is 6. The number of carbonyl (C=O) groups excluding carboxylic acids is 2. The van der Waals surface area contributed by atoms with Crippen LogP contribution in [0.1, 0.15) is 28.5 Å². The molecule has 0 aliphatic carbocycles. The molecular weight excluding hydrogens is 438 g/mol. The molecule has 0 fully saturated rings. The van der Waals surface area contributed by atoms with E-state index >= 15 is 0 Å². The lowest BCUT2D eigenvalue weighted by Gasteiger charge is -2.12. The van der Waals surface area contributed by atoms with Gasteiger partial charge in [0.05, 0.1) is 13.7 Å². The number of thiophene rings is 1. The first-order valence-electron chi connectivity index (χ1n) is 9.88. The molecule has 2 aromatic carbocycles. The number of alkyl carbamates (subject to hydrolysis) is 1. The Hall–Kier alpha value is -3.46. The van der Waals surface area contributed by atoms with Crippen LogP contribution < -0.4 is 5.32 Å². The predicted octanol–water partition coefficient (Wildman–Crippen LogP) is 5.22. The quantitative estimate of drug-likeness (QED) is 0.403. The lowest BCUT2D eigenvalue weighted by atomic mass is 10.1. The second kappa shape index (κ2) is 8.96. The third-order valence-electron chi connectivity index (χ3n) is 5.14. The van der Waals surface area contributed by atoms with E-state index in [1.807, 2.05) is 5.38 Å². The lowest BCUT2D eigenvalue weighted by molar-refractivity contribution is 0.0513. The monoisotopic (exact) mass is 458 g/mol. The van der Waals surface area contributed by atoms with Gasteiger partial charge in [0.2, 0.25) is 0 Å². The molecule has 2 heterocycles. The van der Waals surface area contributed by atoms with Gasteiger partial charge in [-0.1, -0.05) is 0 Å². The summed E-state index contributed by atoms with van der Waals surface area (Å²) in [5.74, 6) is -1.44. The fourth-order valence-electron chi connectivity index (χ4n) is 3.75. The minimum atomic E-state index is -0.684. The summed E-state index contributed by atoms with van der Waals surface area (Å²) in [6.07, 6.45) is -0.684. The maximum Gasteiger partial charge on any atom is 0.407 e. The van der Waals surface area contributed by atoms with Crippen molar-refractivity contribution in [3.63, 3.8) is 0 Å². The highest BCUT2D eigenvalue weighted by Crippen LogP contribution is 2.32. The van der Waals surface area contributed by atoms with E-state index in [1.165, 1.54) is 42.7 Å². The van der Waals surface area contributed by atoms with E-state index in [-0.39, 0.29) is 31.2 Å². The first kappa shape index (κ1) is 21.8. The zero-order valence-electron chi connectivity index (χ0n) is 17.4. The molecule has 0 aliphatic heterocycles. The number of methoxy groups -OCH3 is 1. The third kappa shape index (κ3) is 4.03. The Balaban J connectivity index is 1.91. The molecule has 9 heteroatoms. The van der Waals surface area contributed by atoms with Gasteiger partial charge in [-0.2, -0.15) is 0 Å². The van der Waals surface area contributed by atoms with Gasteiger partial charge in [0.15, 0.2) is 0 Å². The van der Waals surface area contributed by atoms with E-state index in [2.05, 4.69) is 10.1 Å². The van der Waals surface area contributed by atoms with E-state index in [1.54, 1.807) is 23.6 Å². The Kier molecular flexibility index (Phi) is 6.09. The highest BCUT2D eigenvalue weighted by atomic mass is 32.1. The summed E-state index contributed by atoms with van der Waals surface area (Å²) in [6, 6.07) is 8.75. The van der Waals surface area contributed by atoms with E-state index < -0.39 is 17.9 Å². The van der Waals surface area contributed by atoms with Gasteiger partial charge < -0.3 is 19.4 Å². The van der Waals surface area contributed by atoms with Crippen molar-refractivity contribution < 1.29 is 27.8 Å². The predicted molar refractivity (Wildman–Crippen MR) is 118 cm³/mol. The first-order chi connectivity index (χ1) is 15.4. The van der Waals surface area contributed by atoms with Crippen molar-refractivity contribution in [1.82, 2.24) is 9.88 Å². The standard InChI is InChI=1S/C23H20F2N2O4S/c1-3-31-22(28)21-18(10-26-23(29)30-2)17-9-14(24)4-6-19(17)27(21)11-13-12-32-20-7-5-15(25)8-16(13)20/h4-9,12H,3,10-11H2,1-2H3,(H,26,29). The molecule has 0 atom stereocenters. The maximum atomic E-state index is 14.1. The molecule has 0 bridgehead atoms. The molecule has 4 aromatic rings. The van der Waals surface area contributed by atoms with Crippen LogP contribution in [0.25, 0.3) is 21.0 Å². The van der Waals surface area contributed by atoms with Crippen LogP contribution in [0.15, 0.2) is 41.8 Å². The average Bonchev–Trinajstić information content (AvgIpc) is 3.30. The summed E-state index contributed by atoms with van der Waals surface area (Å²) < 4.78 is 40.5. The van der Waals surface area contributed by atoms with Crippen molar-refractivity contribution in [2.45, 2.75) is 20.0 Å². The van der Waals surface area contributed by atoms with E-state index in [0.717, 1.165) is 15.6 Å². The van der Waals surface area contributed by atoms with E-state index in [9.17, 15) is 18.4 Å². The molecule has 6 nitrogen and oxygen atoms in total. The largest absolute Gasteiger partial charge is 0.461 e. The number of carbonyl (C=O) groups is 2. The maximum absolute atomic E-state index is 14.1. The van der Waals surface area contributed by atoms with Gasteiger partial charge in [0, 0.05) is 39.6 Å². The number of nitrogens with zero attached hydrogens (tertiary/aromatic N) is 1. The summed E-state index contributed by atoms with van der Waals surface area (Å²) in [5, 5.41) is 5.66. The van der Waals surface area contributed by atoms with Crippen LogP contribution in [0.4, 0.5) is 13.6 Å². The normalized spacial score (nSPS) is 11.1. The zero-order chi connectivity index (χ0) is 22.8. The second-order valence-corrected chi connectivity index (χ2v) is 7.95. The minimum Gasteiger partial charge on any atom is -0.461 e. The molecule has 0 spiro atoms. The minimum absolute atomic E-state index is 0.0627. The van der Waals surface area contributed by atoms with E-state index in [0.29, 0.717) is 16.5 Å². The highest BCUT2D eigenvalue weighted by Gasteiger charge is 2.25. The van der Waals surface area contributed by atoms with Gasteiger partial charge >= 0.3 is 12.1 Å². The Labute approximate surface area is 186 Å². The van der Waals surface area contributed by atoms with E-state index in [4.69, 9.17) is 4.74 Å². The molecule has 1 N–H and O–H groups in total. The fourth-order valence-corrected chi connectivity index (χ4v) is 4.69. The average molecular weight is 458 g/mol. The SMILES string of the molecule is CCOC(=O)c1c(CNC(=O)OC)c2cc(F)ccc2n1Cc1csc2ccc(F)cc12. The molecular formula is C23H20F2N2O4S. The first-order valence-corrected chi connectivity index (χ1v) is 10.8. The molecule has 0 aliphatic rings. The van der Waals surface area contributed by atoms with Crippen LogP contribution >= 0.6 is 11.3 Å². The Morgan fingerprint density at radius 1 is 1.09 bits per heavy atom. The fraction of sp³-hybridized carbons (Fsp3) is 0.217. The molecule has 1 amide bonds. The van der Waals surface area contributed by atoms with Gasteiger partial charge in [-0.15, -0.1) is 11.3 Å². The van der Waals surface area contributed by atoms with Crippen molar-refractivity contribution in [1.29, 1.82) is 0 Å². The van der Waals surface area contributed by atoms with Crippen molar-refractivity contribution in [3.05, 3.63) is 70.2 Å². The number of aromatic nitrogens is 1. The number of benzene rings is 2. The van der Waals surface area contributed by atoms with Crippen LogP contribution in [-0.2, 0) is 22.6 Å². The van der Waals surface area contributed by atoms with Gasteiger partial charge in [-0.3, -0.25) is 0 Å². The molecule has 166 valence electrons. The summed E-state index contributed by atoms with van der Waals surface area (Å²) in [7, 11) is 1.23. The number of halogens is 2. The van der Waals surface area contributed by atoms with Gasteiger partial charge in [-0.05, 0) is 54.3 Å². The smallest absolute Gasteiger partial charge is 0.407 e. The van der Waals surface area contributed by atoms with Crippen LogP contribution in [0.3, 0.4) is 0 Å². The van der Waals surface area contributed by atoms with Crippen LogP contribution in [0, 0.1) is 11.6 Å². The summed E-state index contributed by atoms with van der Waals surface area (Å²) in [6.45, 7) is 2.00. The highest BCUT2D eigenvalue weighted by molar-refractivity contribution is 7.17. The molecule has 32 heavy (non-hydrogen) atoms. The van der Waals surface area contributed by atoms with Gasteiger partial charge in [0.25, 0.3) is 0 Å². The van der Waals surface area contributed by atoms with Crippen molar-refractivity contribution >= 4 is 44.4 Å². The van der Waals surface area contributed by atoms with Crippen LogP contribution in [-0.4, -0.2) is 30.3 Å². The van der Waals surface area contributed by atoms with Gasteiger partial charge in [0.1, 0.15) is 17.3 Å². The molecule has 4 rings (SSSR count).